The van der Waals surface area contributed by atoms with Crippen LogP contribution in [-0.4, -0.2) is 34.0 Å². The van der Waals surface area contributed by atoms with Crippen LogP contribution in [0.1, 0.15) is 51.3 Å². The van der Waals surface area contributed by atoms with Crippen LogP contribution in [0, 0.1) is 0 Å². The summed E-state index contributed by atoms with van der Waals surface area (Å²) in [6.07, 6.45) is 6.88. The minimum atomic E-state index is 0.526. The molecule has 0 bridgehead atoms. The van der Waals surface area contributed by atoms with E-state index in [0.29, 0.717) is 6.04 Å². The van der Waals surface area contributed by atoms with Gasteiger partial charge < -0.3 is 4.90 Å². The number of hydrogen-bond acceptors (Lipinski definition) is 3. The van der Waals surface area contributed by atoms with Crippen LogP contribution >= 0.6 is 0 Å². The molecule has 0 fully saturated rings. The first-order valence-corrected chi connectivity index (χ1v) is 6.22. The van der Waals surface area contributed by atoms with Crippen LogP contribution in [0.25, 0.3) is 0 Å². The molecule has 0 saturated carbocycles. The molecule has 0 aliphatic heterocycles. The van der Waals surface area contributed by atoms with Gasteiger partial charge in [0.2, 0.25) is 0 Å². The molecular weight excluding hydrogens is 200 g/mol. The third-order valence-electron chi connectivity index (χ3n) is 2.65. The molecule has 1 aromatic rings. The van der Waals surface area contributed by atoms with Crippen molar-refractivity contribution in [2.45, 2.75) is 52.1 Å². The van der Waals surface area contributed by atoms with Gasteiger partial charge >= 0.3 is 0 Å². The zero-order chi connectivity index (χ0) is 12.0. The van der Waals surface area contributed by atoms with Crippen LogP contribution in [0.5, 0.6) is 0 Å². The number of aromatic nitrogens is 3. The average molecular weight is 224 g/mol. The van der Waals surface area contributed by atoms with Crippen molar-refractivity contribution in [3.63, 3.8) is 0 Å². The van der Waals surface area contributed by atoms with Crippen molar-refractivity contribution in [3.8, 4) is 0 Å². The minimum Gasteiger partial charge on any atom is -0.303 e. The Balaban J connectivity index is 2.65. The molecule has 0 unspecified atom stereocenters. The molecule has 0 aliphatic carbocycles. The molecular formula is C12H24N4. The molecule has 0 amide bonds. The lowest BCUT2D eigenvalue weighted by molar-refractivity contribution is 0.383. The molecule has 0 atom stereocenters. The molecule has 92 valence electrons. The van der Waals surface area contributed by atoms with E-state index in [2.05, 4.69) is 49.4 Å². The van der Waals surface area contributed by atoms with E-state index >= 15 is 0 Å². The summed E-state index contributed by atoms with van der Waals surface area (Å²) in [5, 5.41) is 8.46. The lowest BCUT2D eigenvalue weighted by Crippen LogP contribution is -2.11. The van der Waals surface area contributed by atoms with Crippen LogP contribution in [0.4, 0.5) is 0 Å². The van der Waals surface area contributed by atoms with Crippen LogP contribution in [0.2, 0.25) is 0 Å². The van der Waals surface area contributed by atoms with Gasteiger partial charge in [0.05, 0.1) is 17.9 Å². The second-order valence-corrected chi connectivity index (χ2v) is 4.66. The van der Waals surface area contributed by atoms with E-state index in [1.807, 2.05) is 4.68 Å². The van der Waals surface area contributed by atoms with E-state index in [1.54, 1.807) is 0 Å². The van der Waals surface area contributed by atoms with Gasteiger partial charge in [-0.2, -0.15) is 0 Å². The van der Waals surface area contributed by atoms with Gasteiger partial charge in [-0.3, -0.25) is 0 Å². The lowest BCUT2D eigenvalue weighted by atomic mass is 10.1. The SMILES string of the molecule is CCCC(CCC)n1cc(CN(C)C)nn1. The van der Waals surface area contributed by atoms with Crippen LogP contribution < -0.4 is 0 Å². The third kappa shape index (κ3) is 3.93. The van der Waals surface area contributed by atoms with Crippen molar-refractivity contribution in [2.75, 3.05) is 14.1 Å². The standard InChI is InChI=1S/C12H24N4/c1-5-7-12(8-6-2)16-10-11(13-14-16)9-15(3)4/h10,12H,5-9H2,1-4H3. The summed E-state index contributed by atoms with van der Waals surface area (Å²) in [5.74, 6) is 0. The van der Waals surface area contributed by atoms with Crippen molar-refractivity contribution in [1.82, 2.24) is 19.9 Å². The second-order valence-electron chi connectivity index (χ2n) is 4.66. The summed E-state index contributed by atoms with van der Waals surface area (Å²) in [7, 11) is 4.10. The van der Waals surface area contributed by atoms with Crippen molar-refractivity contribution >= 4 is 0 Å². The topological polar surface area (TPSA) is 34.0 Å². The first-order chi connectivity index (χ1) is 7.67. The summed E-state index contributed by atoms with van der Waals surface area (Å²) in [6, 6.07) is 0.526. The van der Waals surface area contributed by atoms with E-state index in [1.165, 1.54) is 25.7 Å². The number of hydrogen-bond donors (Lipinski definition) is 0. The Morgan fingerprint density at radius 1 is 1.25 bits per heavy atom. The Morgan fingerprint density at radius 2 is 1.88 bits per heavy atom. The molecule has 1 rings (SSSR count). The van der Waals surface area contributed by atoms with Crippen LogP contribution in [0.3, 0.4) is 0 Å². The highest BCUT2D eigenvalue weighted by Crippen LogP contribution is 2.18. The fraction of sp³-hybridized carbons (Fsp3) is 0.833. The highest BCUT2D eigenvalue weighted by atomic mass is 15.4. The normalized spacial score (nSPS) is 11.6. The molecule has 0 aromatic carbocycles. The second kappa shape index (κ2) is 6.63. The Labute approximate surface area is 98.6 Å². The van der Waals surface area contributed by atoms with E-state index in [9.17, 15) is 0 Å². The van der Waals surface area contributed by atoms with Gasteiger partial charge in [0.25, 0.3) is 0 Å². The van der Waals surface area contributed by atoms with E-state index in [4.69, 9.17) is 0 Å². The summed E-state index contributed by atoms with van der Waals surface area (Å²) >= 11 is 0. The smallest absolute Gasteiger partial charge is 0.0967 e. The van der Waals surface area contributed by atoms with Crippen molar-refractivity contribution < 1.29 is 0 Å². The molecule has 0 spiro atoms. The first-order valence-electron chi connectivity index (χ1n) is 6.22. The van der Waals surface area contributed by atoms with E-state index in [-0.39, 0.29) is 0 Å². The minimum absolute atomic E-state index is 0.526. The van der Waals surface area contributed by atoms with Gasteiger partial charge in [-0.1, -0.05) is 31.9 Å². The Morgan fingerprint density at radius 3 is 2.38 bits per heavy atom. The quantitative estimate of drug-likeness (QED) is 0.713. The molecule has 4 heteroatoms. The van der Waals surface area contributed by atoms with Gasteiger partial charge in [-0.05, 0) is 26.9 Å². The number of nitrogens with zero attached hydrogens (tertiary/aromatic N) is 4. The summed E-state index contributed by atoms with van der Waals surface area (Å²) < 4.78 is 2.05. The molecule has 0 radical (unpaired) electrons. The fourth-order valence-electron chi connectivity index (χ4n) is 1.96. The molecule has 0 N–H and O–H groups in total. The number of rotatable bonds is 7. The maximum absolute atomic E-state index is 4.25. The molecule has 0 saturated heterocycles. The molecule has 0 aliphatic rings. The van der Waals surface area contributed by atoms with E-state index in [0.717, 1.165) is 12.2 Å². The zero-order valence-electron chi connectivity index (χ0n) is 11.0. The lowest BCUT2D eigenvalue weighted by Gasteiger charge is -2.14. The highest BCUT2D eigenvalue weighted by molar-refractivity contribution is 4.92. The Kier molecular flexibility index (Phi) is 5.46. The van der Waals surface area contributed by atoms with Gasteiger partial charge in [-0.25, -0.2) is 4.68 Å². The van der Waals surface area contributed by atoms with Gasteiger partial charge in [0, 0.05) is 6.54 Å². The van der Waals surface area contributed by atoms with Crippen molar-refractivity contribution in [2.24, 2.45) is 0 Å². The summed E-state index contributed by atoms with van der Waals surface area (Å²) in [5.41, 5.74) is 1.06. The summed E-state index contributed by atoms with van der Waals surface area (Å²) in [6.45, 7) is 5.31. The monoisotopic (exact) mass is 224 g/mol. The van der Waals surface area contributed by atoms with Crippen LogP contribution in [-0.2, 0) is 6.54 Å². The largest absolute Gasteiger partial charge is 0.303 e. The molecule has 4 nitrogen and oxygen atoms in total. The van der Waals surface area contributed by atoms with Gasteiger partial charge in [0.15, 0.2) is 0 Å². The first kappa shape index (κ1) is 13.2. The van der Waals surface area contributed by atoms with E-state index < -0.39 is 0 Å². The summed E-state index contributed by atoms with van der Waals surface area (Å²) in [4.78, 5) is 2.11. The fourth-order valence-corrected chi connectivity index (χ4v) is 1.96. The maximum atomic E-state index is 4.25. The maximum Gasteiger partial charge on any atom is 0.0967 e. The highest BCUT2D eigenvalue weighted by Gasteiger charge is 2.11. The predicted octanol–water partition coefficient (Wildman–Crippen LogP) is 2.48. The van der Waals surface area contributed by atoms with Crippen molar-refractivity contribution in [3.05, 3.63) is 11.9 Å². The third-order valence-corrected chi connectivity index (χ3v) is 2.65. The van der Waals surface area contributed by atoms with Crippen molar-refractivity contribution in [1.29, 1.82) is 0 Å². The molecule has 16 heavy (non-hydrogen) atoms. The van der Waals surface area contributed by atoms with Gasteiger partial charge in [-0.15, -0.1) is 5.10 Å². The van der Waals surface area contributed by atoms with Crippen LogP contribution in [0.15, 0.2) is 6.20 Å². The Hall–Kier alpha value is -0.900. The van der Waals surface area contributed by atoms with Gasteiger partial charge in [0.1, 0.15) is 0 Å². The average Bonchev–Trinajstić information content (AvgIpc) is 2.65. The Bertz CT molecular complexity index is 287. The molecule has 1 aromatic heterocycles. The zero-order valence-corrected chi connectivity index (χ0v) is 11.0. The predicted molar refractivity (Wildman–Crippen MR) is 66.3 cm³/mol. The molecule has 1 heterocycles.